The van der Waals surface area contributed by atoms with E-state index >= 15 is 0 Å². The van der Waals surface area contributed by atoms with Crippen molar-refractivity contribution >= 4 is 34.4 Å². The van der Waals surface area contributed by atoms with E-state index in [1.54, 1.807) is 32.3 Å². The van der Waals surface area contributed by atoms with Crippen molar-refractivity contribution in [3.8, 4) is 0 Å². The van der Waals surface area contributed by atoms with E-state index in [9.17, 15) is 0 Å². The molecule has 0 saturated heterocycles. The standard InChI is InChI=1S/C21H18Si/c1-14-12-15-13-19-17-10-6-7-11-18(17)20(15)21(14)22(19,2)16-8-4-3-5-9-16/h3-11,13H,12H2,1-2H3. The lowest BCUT2D eigenvalue weighted by Gasteiger charge is -2.38. The summed E-state index contributed by atoms with van der Waals surface area (Å²) in [7, 11) is -1.81. The zero-order chi connectivity index (χ0) is 14.9. The zero-order valence-electron chi connectivity index (χ0n) is 13.0. The quantitative estimate of drug-likeness (QED) is 0.597. The number of benzene rings is 3. The summed E-state index contributed by atoms with van der Waals surface area (Å²) >= 11 is 0. The SMILES string of the molecule is CC1=C2c3c(cc(c4ccccc34)[Si]2(C)c2ccccc2)C1. The summed E-state index contributed by atoms with van der Waals surface area (Å²) in [5.74, 6) is 0. The van der Waals surface area contributed by atoms with E-state index in [0.717, 1.165) is 6.42 Å². The highest BCUT2D eigenvalue weighted by Gasteiger charge is 2.46. The van der Waals surface area contributed by atoms with Gasteiger partial charge in [-0.05, 0) is 50.8 Å². The van der Waals surface area contributed by atoms with Crippen LogP contribution in [0.3, 0.4) is 0 Å². The highest BCUT2D eigenvalue weighted by molar-refractivity contribution is 7.16. The Morgan fingerprint density at radius 3 is 2.32 bits per heavy atom. The van der Waals surface area contributed by atoms with Crippen molar-refractivity contribution in [1.82, 2.24) is 0 Å². The average molecular weight is 298 g/mol. The predicted octanol–water partition coefficient (Wildman–Crippen LogP) is 3.92. The minimum Gasteiger partial charge on any atom is -0.0683 e. The van der Waals surface area contributed by atoms with Gasteiger partial charge in [-0.3, -0.25) is 0 Å². The van der Waals surface area contributed by atoms with Gasteiger partial charge in [0.1, 0.15) is 8.07 Å². The van der Waals surface area contributed by atoms with Crippen molar-refractivity contribution in [2.75, 3.05) is 0 Å². The van der Waals surface area contributed by atoms with Crippen LogP contribution in [0.1, 0.15) is 18.1 Å². The van der Waals surface area contributed by atoms with E-state index in [2.05, 4.69) is 74.1 Å². The van der Waals surface area contributed by atoms with Crippen LogP contribution in [0.2, 0.25) is 6.55 Å². The Hall–Kier alpha value is -2.12. The molecule has 0 N–H and O–H groups in total. The van der Waals surface area contributed by atoms with Crippen molar-refractivity contribution in [3.63, 3.8) is 0 Å². The summed E-state index contributed by atoms with van der Waals surface area (Å²) in [6, 6.07) is 22.7. The molecular weight excluding hydrogens is 280 g/mol. The lowest BCUT2D eigenvalue weighted by Crippen LogP contribution is -2.59. The minimum absolute atomic E-state index is 1.15. The van der Waals surface area contributed by atoms with Crippen molar-refractivity contribution in [2.24, 2.45) is 0 Å². The molecule has 2 aliphatic heterocycles. The third kappa shape index (κ3) is 1.29. The lowest BCUT2D eigenvalue weighted by molar-refractivity contribution is 1.20. The average Bonchev–Trinajstić information content (AvgIpc) is 2.86. The van der Waals surface area contributed by atoms with Gasteiger partial charge in [-0.2, -0.15) is 0 Å². The van der Waals surface area contributed by atoms with Gasteiger partial charge in [0, 0.05) is 0 Å². The number of hydrogen-bond donors (Lipinski definition) is 0. The molecule has 1 atom stereocenters. The first kappa shape index (κ1) is 12.4. The summed E-state index contributed by atoms with van der Waals surface area (Å²) in [5, 5.41) is 7.82. The maximum atomic E-state index is 2.55. The number of allylic oxidation sites excluding steroid dienone is 1. The van der Waals surface area contributed by atoms with Crippen LogP contribution in [-0.2, 0) is 6.42 Å². The van der Waals surface area contributed by atoms with Gasteiger partial charge in [0.05, 0.1) is 0 Å². The molecule has 3 aromatic rings. The van der Waals surface area contributed by atoms with Crippen LogP contribution in [0.15, 0.2) is 66.2 Å². The Morgan fingerprint density at radius 2 is 1.55 bits per heavy atom. The normalized spacial score (nSPS) is 21.9. The van der Waals surface area contributed by atoms with Crippen molar-refractivity contribution in [3.05, 3.63) is 77.4 Å². The van der Waals surface area contributed by atoms with Crippen LogP contribution in [0.25, 0.3) is 16.0 Å². The molecule has 0 amide bonds. The molecule has 0 spiro atoms. The molecule has 3 aromatic carbocycles. The molecule has 6 rings (SSSR count). The molecule has 1 heteroatoms. The molecule has 22 heavy (non-hydrogen) atoms. The Morgan fingerprint density at radius 1 is 0.864 bits per heavy atom. The maximum absolute atomic E-state index is 2.55. The Bertz CT molecular complexity index is 966. The number of rotatable bonds is 1. The zero-order valence-corrected chi connectivity index (χ0v) is 14.0. The monoisotopic (exact) mass is 298 g/mol. The van der Waals surface area contributed by atoms with Crippen LogP contribution < -0.4 is 10.4 Å². The minimum atomic E-state index is -1.81. The molecule has 0 fully saturated rings. The summed E-state index contributed by atoms with van der Waals surface area (Å²) in [6.07, 6.45) is 1.15. The van der Waals surface area contributed by atoms with E-state index in [4.69, 9.17) is 0 Å². The molecule has 2 heterocycles. The van der Waals surface area contributed by atoms with E-state index in [-0.39, 0.29) is 0 Å². The summed E-state index contributed by atoms with van der Waals surface area (Å²) in [6.45, 7) is 4.90. The van der Waals surface area contributed by atoms with Crippen LogP contribution in [-0.4, -0.2) is 8.07 Å². The van der Waals surface area contributed by atoms with Crippen molar-refractivity contribution in [2.45, 2.75) is 19.9 Å². The first-order valence-electron chi connectivity index (χ1n) is 8.02. The van der Waals surface area contributed by atoms with Gasteiger partial charge >= 0.3 is 0 Å². The highest BCUT2D eigenvalue weighted by atomic mass is 28.3. The third-order valence-corrected chi connectivity index (χ3v) is 10.3. The number of hydrogen-bond acceptors (Lipinski definition) is 0. The van der Waals surface area contributed by atoms with Gasteiger partial charge in [0.2, 0.25) is 0 Å². The fourth-order valence-corrected chi connectivity index (χ4v) is 9.44. The molecule has 0 radical (unpaired) electrons. The molecule has 0 nitrogen and oxygen atoms in total. The van der Waals surface area contributed by atoms with Crippen LogP contribution in [0.4, 0.5) is 0 Å². The predicted molar refractivity (Wildman–Crippen MR) is 97.6 cm³/mol. The first-order chi connectivity index (χ1) is 10.7. The van der Waals surface area contributed by atoms with Gasteiger partial charge in [-0.15, -0.1) is 0 Å². The fraction of sp³-hybridized carbons (Fsp3) is 0.143. The van der Waals surface area contributed by atoms with Crippen molar-refractivity contribution in [1.29, 1.82) is 0 Å². The van der Waals surface area contributed by atoms with Crippen LogP contribution in [0, 0.1) is 0 Å². The highest BCUT2D eigenvalue weighted by Crippen LogP contribution is 2.46. The Balaban J connectivity index is 1.99. The smallest absolute Gasteiger partial charge is 0.0683 e. The van der Waals surface area contributed by atoms with Gasteiger partial charge in [-0.25, -0.2) is 0 Å². The Kier molecular flexibility index (Phi) is 2.25. The van der Waals surface area contributed by atoms with Crippen LogP contribution >= 0.6 is 0 Å². The molecular formula is C21H18Si. The molecule has 1 unspecified atom stereocenters. The molecule has 106 valence electrons. The van der Waals surface area contributed by atoms with Crippen LogP contribution in [0.5, 0.6) is 0 Å². The largest absolute Gasteiger partial charge is 0.147 e. The molecule has 4 bridgehead atoms. The second-order valence-corrected chi connectivity index (χ2v) is 10.7. The fourth-order valence-electron chi connectivity index (χ4n) is 4.75. The Labute approximate surface area is 132 Å². The van der Waals surface area contributed by atoms with Gasteiger partial charge in [0.15, 0.2) is 0 Å². The van der Waals surface area contributed by atoms with Gasteiger partial charge in [-0.1, -0.05) is 72.8 Å². The summed E-state index contributed by atoms with van der Waals surface area (Å²) < 4.78 is 0. The maximum Gasteiger partial charge on any atom is 0.147 e. The van der Waals surface area contributed by atoms with E-state index in [0.29, 0.717) is 0 Å². The first-order valence-corrected chi connectivity index (χ1v) is 10.5. The third-order valence-electron chi connectivity index (χ3n) is 5.65. The van der Waals surface area contributed by atoms with Crippen molar-refractivity contribution < 1.29 is 0 Å². The topological polar surface area (TPSA) is 0 Å². The summed E-state index contributed by atoms with van der Waals surface area (Å²) in [5.41, 5.74) is 4.73. The van der Waals surface area contributed by atoms with Gasteiger partial charge in [0.25, 0.3) is 0 Å². The second-order valence-electron chi connectivity index (χ2n) is 6.83. The van der Waals surface area contributed by atoms with E-state index in [1.807, 2.05) is 0 Å². The summed E-state index contributed by atoms with van der Waals surface area (Å²) in [4.78, 5) is 0. The molecule has 0 saturated carbocycles. The molecule has 0 aromatic heterocycles. The molecule has 1 aliphatic carbocycles. The van der Waals surface area contributed by atoms with Gasteiger partial charge < -0.3 is 0 Å². The molecule has 3 aliphatic rings. The van der Waals surface area contributed by atoms with E-state index < -0.39 is 8.07 Å². The second kappa shape index (κ2) is 3.99. The lowest BCUT2D eigenvalue weighted by atomic mass is 10.00. The van der Waals surface area contributed by atoms with E-state index in [1.165, 1.54) is 10.8 Å².